The fraction of sp³-hybridized carbons (Fsp3) is 0.304. The van der Waals surface area contributed by atoms with Crippen molar-refractivity contribution >= 4 is 29.7 Å². The Labute approximate surface area is 186 Å². The van der Waals surface area contributed by atoms with Crippen LogP contribution < -0.4 is 10.9 Å². The Morgan fingerprint density at radius 2 is 1.97 bits per heavy atom. The Morgan fingerprint density at radius 1 is 1.20 bits per heavy atom. The van der Waals surface area contributed by atoms with Gasteiger partial charge in [-0.15, -0.1) is 23.7 Å². The van der Waals surface area contributed by atoms with Gasteiger partial charge in [-0.1, -0.05) is 30.3 Å². The normalized spacial score (nSPS) is 12.1. The lowest BCUT2D eigenvalue weighted by molar-refractivity contribution is -0.120. The number of benzene rings is 1. The van der Waals surface area contributed by atoms with Crippen LogP contribution in [0.2, 0.25) is 0 Å². The van der Waals surface area contributed by atoms with Gasteiger partial charge in [0.1, 0.15) is 0 Å². The van der Waals surface area contributed by atoms with Crippen molar-refractivity contribution in [2.45, 2.75) is 19.4 Å². The third-order valence-corrected chi connectivity index (χ3v) is 6.22. The molecular formula is C23H26ClN3O2S. The van der Waals surface area contributed by atoms with E-state index in [1.165, 1.54) is 5.56 Å². The van der Waals surface area contributed by atoms with Crippen LogP contribution in [0.25, 0.3) is 21.7 Å². The number of carbonyl (C=O) groups is 1. The van der Waals surface area contributed by atoms with Gasteiger partial charge in [-0.2, -0.15) is 0 Å². The highest BCUT2D eigenvalue weighted by Crippen LogP contribution is 2.36. The molecule has 1 amide bonds. The zero-order chi connectivity index (χ0) is 20.4. The lowest BCUT2D eigenvalue weighted by Gasteiger charge is -2.23. The first-order valence-electron chi connectivity index (χ1n) is 9.85. The lowest BCUT2D eigenvalue weighted by Crippen LogP contribution is -2.33. The summed E-state index contributed by atoms with van der Waals surface area (Å²) < 4.78 is 1.86. The zero-order valence-electron chi connectivity index (χ0n) is 17.2. The van der Waals surface area contributed by atoms with Crippen LogP contribution in [0.3, 0.4) is 0 Å². The summed E-state index contributed by atoms with van der Waals surface area (Å²) in [5.41, 5.74) is 4.64. The third kappa shape index (κ3) is 4.51. The van der Waals surface area contributed by atoms with Gasteiger partial charge in [0.2, 0.25) is 5.91 Å². The maximum atomic E-state index is 13.3. The van der Waals surface area contributed by atoms with Gasteiger partial charge in [0, 0.05) is 25.2 Å². The van der Waals surface area contributed by atoms with Crippen LogP contribution in [-0.4, -0.2) is 42.6 Å². The number of hydrogen-bond donors (Lipinski definition) is 1. The minimum atomic E-state index is -0.0176. The van der Waals surface area contributed by atoms with E-state index < -0.39 is 0 Å². The number of pyridine rings is 1. The van der Waals surface area contributed by atoms with Gasteiger partial charge < -0.3 is 14.8 Å². The van der Waals surface area contributed by atoms with E-state index in [4.69, 9.17) is 0 Å². The summed E-state index contributed by atoms with van der Waals surface area (Å²) in [7, 11) is 3.97. The predicted molar refractivity (Wildman–Crippen MR) is 126 cm³/mol. The van der Waals surface area contributed by atoms with Gasteiger partial charge in [0.25, 0.3) is 5.56 Å². The quantitative estimate of drug-likeness (QED) is 0.635. The molecule has 158 valence electrons. The first kappa shape index (κ1) is 22.3. The fourth-order valence-electron chi connectivity index (χ4n) is 3.79. The van der Waals surface area contributed by atoms with E-state index in [-0.39, 0.29) is 30.3 Å². The van der Waals surface area contributed by atoms with Gasteiger partial charge in [-0.05, 0) is 54.7 Å². The van der Waals surface area contributed by atoms with Crippen LogP contribution in [0.15, 0.2) is 52.6 Å². The molecule has 3 heterocycles. The number of likely N-dealkylation sites (N-methyl/N-ethyl adjacent to an activating group) is 1. The first-order valence-corrected chi connectivity index (χ1v) is 10.7. The van der Waals surface area contributed by atoms with Crippen molar-refractivity contribution in [1.82, 2.24) is 14.8 Å². The molecule has 7 heteroatoms. The van der Waals surface area contributed by atoms with Crippen molar-refractivity contribution in [3.63, 3.8) is 0 Å². The minimum absolute atomic E-state index is 0. The fourth-order valence-corrected chi connectivity index (χ4v) is 4.84. The number of amides is 1. The summed E-state index contributed by atoms with van der Waals surface area (Å²) in [6.07, 6.45) is 1.11. The summed E-state index contributed by atoms with van der Waals surface area (Å²) in [5, 5.41) is 5.06. The van der Waals surface area contributed by atoms with Crippen molar-refractivity contribution in [3.8, 4) is 21.7 Å². The van der Waals surface area contributed by atoms with Crippen molar-refractivity contribution < 1.29 is 4.79 Å². The summed E-state index contributed by atoms with van der Waals surface area (Å²) >= 11 is 1.64. The highest BCUT2D eigenvalue weighted by molar-refractivity contribution is 7.13. The molecule has 0 saturated heterocycles. The maximum Gasteiger partial charge on any atom is 0.258 e. The minimum Gasteiger partial charge on any atom is -0.355 e. The van der Waals surface area contributed by atoms with E-state index >= 15 is 0 Å². The Bertz CT molecular complexity index is 1090. The number of carbonyl (C=O) groups excluding carboxylic acids is 1. The molecule has 3 aromatic rings. The molecule has 2 aromatic heterocycles. The van der Waals surface area contributed by atoms with Gasteiger partial charge in [0.05, 0.1) is 17.0 Å². The predicted octanol–water partition coefficient (Wildman–Crippen LogP) is 3.44. The van der Waals surface area contributed by atoms with Crippen LogP contribution in [-0.2, 0) is 24.2 Å². The SMILES string of the molecule is CN(C)CCNC(=O)Cc1cc(-c2ccccc2)c(=O)n2c1-c1sccc1CC2.Cl. The van der Waals surface area contributed by atoms with Crippen LogP contribution in [0.1, 0.15) is 11.1 Å². The maximum absolute atomic E-state index is 13.3. The Balaban J connectivity index is 0.00000256. The number of thiophene rings is 1. The number of rotatable bonds is 6. The zero-order valence-corrected chi connectivity index (χ0v) is 18.8. The molecule has 0 atom stereocenters. The second-order valence-electron chi connectivity index (χ2n) is 7.61. The van der Waals surface area contributed by atoms with E-state index in [0.29, 0.717) is 18.7 Å². The topological polar surface area (TPSA) is 54.3 Å². The molecule has 0 fully saturated rings. The number of aromatic nitrogens is 1. The molecule has 0 aliphatic carbocycles. The average Bonchev–Trinajstić information content (AvgIpc) is 3.19. The second kappa shape index (κ2) is 9.60. The van der Waals surface area contributed by atoms with Crippen LogP contribution >= 0.6 is 23.7 Å². The molecule has 1 aliphatic rings. The molecule has 0 unspecified atom stereocenters. The number of hydrogen-bond acceptors (Lipinski definition) is 4. The summed E-state index contributed by atoms with van der Waals surface area (Å²) in [5.74, 6) is -0.0176. The smallest absolute Gasteiger partial charge is 0.258 e. The van der Waals surface area contributed by atoms with Crippen LogP contribution in [0, 0.1) is 0 Å². The summed E-state index contributed by atoms with van der Waals surface area (Å²) in [6, 6.07) is 13.8. The van der Waals surface area contributed by atoms with Gasteiger partial charge >= 0.3 is 0 Å². The van der Waals surface area contributed by atoms with Crippen LogP contribution in [0.5, 0.6) is 0 Å². The number of halogens is 1. The van der Waals surface area contributed by atoms with Gasteiger partial charge in [-0.25, -0.2) is 0 Å². The monoisotopic (exact) mass is 443 g/mol. The number of fused-ring (bicyclic) bond motifs is 3. The highest BCUT2D eigenvalue weighted by atomic mass is 35.5. The molecule has 1 N–H and O–H groups in total. The largest absolute Gasteiger partial charge is 0.355 e. The Morgan fingerprint density at radius 3 is 2.70 bits per heavy atom. The van der Waals surface area contributed by atoms with Crippen LogP contribution in [0.4, 0.5) is 0 Å². The van der Waals surface area contributed by atoms with Gasteiger partial charge in [0.15, 0.2) is 0 Å². The Hall–Kier alpha value is -2.41. The second-order valence-corrected chi connectivity index (χ2v) is 8.53. The standard InChI is InChI=1S/C23H25N3O2S.ClH/c1-25(2)12-10-24-20(27)15-18-14-19(16-6-4-3-5-7-16)23(28)26-11-8-17-9-13-29-22(17)21(18)26;/h3-7,9,13-14H,8,10-12,15H2,1-2H3,(H,24,27);1H. The number of nitrogens with zero attached hydrogens (tertiary/aromatic N) is 2. The van der Waals surface area contributed by atoms with Crippen molar-refractivity contribution in [2.24, 2.45) is 0 Å². The summed E-state index contributed by atoms with van der Waals surface area (Å²) in [4.78, 5) is 29.1. The first-order chi connectivity index (χ1) is 14.0. The molecule has 4 rings (SSSR count). The molecule has 0 spiro atoms. The van der Waals surface area contributed by atoms with E-state index in [1.54, 1.807) is 11.3 Å². The molecule has 30 heavy (non-hydrogen) atoms. The molecule has 1 aliphatic heterocycles. The van der Waals surface area contributed by atoms with E-state index in [9.17, 15) is 9.59 Å². The van der Waals surface area contributed by atoms with Gasteiger partial charge in [-0.3, -0.25) is 9.59 Å². The lowest BCUT2D eigenvalue weighted by atomic mass is 9.96. The molecule has 0 radical (unpaired) electrons. The number of aryl methyl sites for hydroxylation is 1. The highest BCUT2D eigenvalue weighted by Gasteiger charge is 2.24. The average molecular weight is 444 g/mol. The molecule has 0 bridgehead atoms. The van der Waals surface area contributed by atoms with E-state index in [0.717, 1.165) is 34.7 Å². The van der Waals surface area contributed by atoms with Crippen molar-refractivity contribution in [1.29, 1.82) is 0 Å². The molecule has 0 saturated carbocycles. The number of nitrogens with one attached hydrogen (secondary N) is 1. The molecule has 1 aromatic carbocycles. The van der Waals surface area contributed by atoms with E-state index in [2.05, 4.69) is 16.8 Å². The Kier molecular flexibility index (Phi) is 7.13. The van der Waals surface area contributed by atoms with Crippen molar-refractivity contribution in [3.05, 3.63) is 69.3 Å². The summed E-state index contributed by atoms with van der Waals surface area (Å²) in [6.45, 7) is 2.05. The van der Waals surface area contributed by atoms with Crippen molar-refractivity contribution in [2.75, 3.05) is 27.2 Å². The third-order valence-electron chi connectivity index (χ3n) is 5.25. The van der Waals surface area contributed by atoms with E-state index in [1.807, 2.05) is 60.0 Å². The molecule has 5 nitrogen and oxygen atoms in total. The molecular weight excluding hydrogens is 418 g/mol.